The summed E-state index contributed by atoms with van der Waals surface area (Å²) >= 11 is 3.32. The van der Waals surface area contributed by atoms with Gasteiger partial charge in [-0.3, -0.25) is 9.59 Å². The van der Waals surface area contributed by atoms with Crippen LogP contribution in [0.25, 0.3) is 0 Å². The number of ketones is 1. The summed E-state index contributed by atoms with van der Waals surface area (Å²) < 4.78 is 16.5. The van der Waals surface area contributed by atoms with Crippen molar-refractivity contribution in [2.24, 2.45) is 0 Å². The van der Waals surface area contributed by atoms with Crippen molar-refractivity contribution in [2.75, 3.05) is 26.6 Å². The van der Waals surface area contributed by atoms with E-state index in [9.17, 15) is 14.7 Å². The number of methoxy groups -OCH3 is 3. The number of halogens is 1. The number of carbonyl (C=O) groups excluding carboxylic acids is 2. The number of hydrogen-bond acceptors (Lipinski definition) is 6. The molecule has 27 heavy (non-hydrogen) atoms. The second kappa shape index (κ2) is 7.21. The Bertz CT molecular complexity index is 929. The molecular weight excluding hydrogens is 418 g/mol. The number of anilines is 1. The molecule has 0 fully saturated rings. The van der Waals surface area contributed by atoms with Gasteiger partial charge in [0.1, 0.15) is 0 Å². The summed E-state index contributed by atoms with van der Waals surface area (Å²) in [6, 6.07) is 8.10. The predicted octanol–water partition coefficient (Wildman–Crippen LogP) is 2.89. The van der Waals surface area contributed by atoms with Gasteiger partial charge in [0.05, 0.1) is 33.3 Å². The minimum Gasteiger partial charge on any atom is -0.493 e. The quantitative estimate of drug-likeness (QED) is 0.677. The lowest BCUT2D eigenvalue weighted by Crippen LogP contribution is -2.36. The van der Waals surface area contributed by atoms with Gasteiger partial charge >= 0.3 is 0 Å². The lowest BCUT2D eigenvalue weighted by atomic mass is 9.88. The monoisotopic (exact) mass is 435 g/mol. The van der Waals surface area contributed by atoms with Crippen LogP contribution >= 0.6 is 15.9 Å². The highest BCUT2D eigenvalue weighted by molar-refractivity contribution is 9.10. The fourth-order valence-electron chi connectivity index (χ4n) is 3.14. The fourth-order valence-corrected chi connectivity index (χ4v) is 3.50. The van der Waals surface area contributed by atoms with Gasteiger partial charge in [0.2, 0.25) is 5.75 Å². The van der Waals surface area contributed by atoms with Crippen molar-refractivity contribution in [1.29, 1.82) is 0 Å². The molecule has 1 atom stereocenters. The zero-order chi connectivity index (χ0) is 19.8. The van der Waals surface area contributed by atoms with Gasteiger partial charge in [-0.15, -0.1) is 0 Å². The molecule has 0 aliphatic carbocycles. The van der Waals surface area contributed by atoms with Crippen molar-refractivity contribution < 1.29 is 28.9 Å². The van der Waals surface area contributed by atoms with Crippen LogP contribution in [0, 0.1) is 0 Å². The van der Waals surface area contributed by atoms with Crippen LogP contribution in [-0.4, -0.2) is 38.1 Å². The van der Waals surface area contributed by atoms with Crippen LogP contribution in [0.1, 0.15) is 22.3 Å². The third kappa shape index (κ3) is 3.15. The normalized spacial score (nSPS) is 17.9. The van der Waals surface area contributed by atoms with Crippen LogP contribution in [0.2, 0.25) is 0 Å². The molecule has 0 bridgehead atoms. The molecule has 2 aromatic rings. The molecule has 1 heterocycles. The molecule has 2 N–H and O–H groups in total. The van der Waals surface area contributed by atoms with E-state index in [1.165, 1.54) is 27.4 Å². The third-order valence-electron chi connectivity index (χ3n) is 4.47. The summed E-state index contributed by atoms with van der Waals surface area (Å²) in [5, 5.41) is 13.6. The van der Waals surface area contributed by atoms with Gasteiger partial charge < -0.3 is 24.6 Å². The Morgan fingerprint density at radius 3 is 2.44 bits per heavy atom. The maximum atomic E-state index is 13.0. The number of benzene rings is 2. The van der Waals surface area contributed by atoms with Gasteiger partial charge in [0.25, 0.3) is 5.91 Å². The number of carbonyl (C=O) groups is 2. The summed E-state index contributed by atoms with van der Waals surface area (Å²) in [7, 11) is 4.30. The number of ether oxygens (including phenoxy) is 3. The van der Waals surface area contributed by atoms with Crippen molar-refractivity contribution in [3.8, 4) is 17.2 Å². The molecule has 8 heteroatoms. The predicted molar refractivity (Wildman–Crippen MR) is 102 cm³/mol. The van der Waals surface area contributed by atoms with E-state index in [0.29, 0.717) is 21.5 Å². The van der Waals surface area contributed by atoms with Crippen molar-refractivity contribution in [1.82, 2.24) is 0 Å². The lowest BCUT2D eigenvalue weighted by Gasteiger charge is -2.21. The van der Waals surface area contributed by atoms with Crippen LogP contribution in [0.4, 0.5) is 5.69 Å². The molecule has 0 aromatic heterocycles. The summed E-state index contributed by atoms with van der Waals surface area (Å²) in [4.78, 5) is 25.4. The topological polar surface area (TPSA) is 94.1 Å². The van der Waals surface area contributed by atoms with Crippen molar-refractivity contribution in [3.63, 3.8) is 0 Å². The van der Waals surface area contributed by atoms with Gasteiger partial charge in [0, 0.05) is 15.7 Å². The summed E-state index contributed by atoms with van der Waals surface area (Å²) in [5.74, 6) is -0.283. The Morgan fingerprint density at radius 2 is 1.81 bits per heavy atom. The molecular formula is C19H18BrNO6. The number of hydrogen-bond donors (Lipinski definition) is 2. The summed E-state index contributed by atoms with van der Waals surface area (Å²) in [5.41, 5.74) is -0.985. The van der Waals surface area contributed by atoms with E-state index in [4.69, 9.17) is 14.2 Å². The molecule has 0 saturated carbocycles. The number of aliphatic hydroxyl groups is 1. The highest BCUT2D eigenvalue weighted by Gasteiger charge is 2.47. The van der Waals surface area contributed by atoms with E-state index in [-0.39, 0.29) is 17.1 Å². The molecule has 1 amide bonds. The number of amides is 1. The first-order chi connectivity index (χ1) is 12.8. The van der Waals surface area contributed by atoms with E-state index >= 15 is 0 Å². The van der Waals surface area contributed by atoms with Crippen molar-refractivity contribution >= 4 is 33.3 Å². The van der Waals surface area contributed by atoms with Crippen molar-refractivity contribution in [2.45, 2.75) is 12.0 Å². The van der Waals surface area contributed by atoms with E-state index in [2.05, 4.69) is 21.2 Å². The van der Waals surface area contributed by atoms with Gasteiger partial charge in [-0.25, -0.2) is 0 Å². The second-order valence-corrected chi connectivity index (χ2v) is 6.90. The van der Waals surface area contributed by atoms with E-state index in [1.54, 1.807) is 24.3 Å². The number of fused-ring (bicyclic) bond motifs is 1. The van der Waals surface area contributed by atoms with Crippen LogP contribution in [0.5, 0.6) is 17.2 Å². The van der Waals surface area contributed by atoms with Crippen molar-refractivity contribution in [3.05, 3.63) is 45.9 Å². The highest BCUT2D eigenvalue weighted by atomic mass is 79.9. The zero-order valence-electron chi connectivity index (χ0n) is 15.0. The SMILES string of the molecule is COc1ccc(C(=O)C[C@]2(O)C(=O)Nc3ccc(Br)cc32)c(OC)c1OC. The van der Waals surface area contributed by atoms with E-state index in [0.717, 1.165) is 0 Å². The number of Topliss-reactive ketones (excluding diaryl/α,β-unsaturated/α-hetero) is 1. The molecule has 0 spiro atoms. The molecule has 142 valence electrons. The standard InChI is InChI=1S/C19H18BrNO6/c1-25-15-7-5-11(16(26-2)17(15)27-3)14(22)9-19(24)12-8-10(20)4-6-13(12)21-18(19)23/h4-8,24H,9H2,1-3H3,(H,21,23)/t19-/m1/s1. The fraction of sp³-hybridized carbons (Fsp3) is 0.263. The Kier molecular flexibility index (Phi) is 5.12. The molecule has 0 saturated heterocycles. The number of nitrogens with one attached hydrogen (secondary N) is 1. The molecule has 1 aliphatic heterocycles. The lowest BCUT2D eigenvalue weighted by molar-refractivity contribution is -0.133. The molecule has 0 radical (unpaired) electrons. The minimum atomic E-state index is -1.98. The van der Waals surface area contributed by atoms with Gasteiger partial charge in [-0.2, -0.15) is 0 Å². The Labute approximate surface area is 164 Å². The minimum absolute atomic E-state index is 0.179. The van der Waals surface area contributed by atoms with E-state index < -0.39 is 23.7 Å². The van der Waals surface area contributed by atoms with Gasteiger partial charge in [-0.1, -0.05) is 15.9 Å². The van der Waals surface area contributed by atoms with Gasteiger partial charge in [0.15, 0.2) is 22.9 Å². The molecule has 2 aromatic carbocycles. The average Bonchev–Trinajstić information content (AvgIpc) is 2.90. The van der Waals surface area contributed by atoms with Crippen LogP contribution < -0.4 is 19.5 Å². The average molecular weight is 436 g/mol. The Hall–Kier alpha value is -2.58. The third-order valence-corrected chi connectivity index (χ3v) is 4.97. The smallest absolute Gasteiger partial charge is 0.261 e. The summed E-state index contributed by atoms with van der Waals surface area (Å²) in [6.45, 7) is 0. The first-order valence-electron chi connectivity index (χ1n) is 8.01. The maximum Gasteiger partial charge on any atom is 0.261 e. The Morgan fingerprint density at radius 1 is 1.11 bits per heavy atom. The highest BCUT2D eigenvalue weighted by Crippen LogP contribution is 2.43. The largest absolute Gasteiger partial charge is 0.493 e. The molecule has 3 rings (SSSR count). The first kappa shape index (κ1) is 19.2. The van der Waals surface area contributed by atoms with Crippen LogP contribution in [0.15, 0.2) is 34.8 Å². The molecule has 7 nitrogen and oxygen atoms in total. The van der Waals surface area contributed by atoms with Gasteiger partial charge in [-0.05, 0) is 30.3 Å². The molecule has 1 aliphatic rings. The summed E-state index contributed by atoms with van der Waals surface area (Å²) in [6.07, 6.45) is -0.450. The van der Waals surface area contributed by atoms with E-state index in [1.807, 2.05) is 0 Å². The number of rotatable bonds is 6. The molecule has 0 unspecified atom stereocenters. The van der Waals surface area contributed by atoms with Crippen LogP contribution in [-0.2, 0) is 10.4 Å². The first-order valence-corrected chi connectivity index (χ1v) is 8.81. The van der Waals surface area contributed by atoms with Crippen LogP contribution in [0.3, 0.4) is 0 Å². The second-order valence-electron chi connectivity index (χ2n) is 5.99. The Balaban J connectivity index is 2.02. The maximum absolute atomic E-state index is 13.0. The zero-order valence-corrected chi connectivity index (χ0v) is 16.5.